The van der Waals surface area contributed by atoms with Crippen LogP contribution in [0.4, 0.5) is 0 Å². The molecule has 0 fully saturated rings. The Hall–Kier alpha value is -0.480. The minimum absolute atomic E-state index is 0.186. The Balaban J connectivity index is 2.56. The van der Waals surface area contributed by atoms with Gasteiger partial charge in [0.2, 0.25) is 0 Å². The first-order valence-electron chi connectivity index (χ1n) is 1.97. The molecule has 0 aliphatic rings. The van der Waals surface area contributed by atoms with E-state index in [2.05, 4.69) is 10.1 Å². The Bertz CT molecular complexity index is 47.4. The second kappa shape index (κ2) is 5.52. The molecule has 0 unspecified atom stereocenters. The van der Waals surface area contributed by atoms with E-state index in [9.17, 15) is 4.91 Å². The molecule has 0 heterocycles. The zero-order chi connectivity index (χ0) is 5.54. The summed E-state index contributed by atoms with van der Waals surface area (Å²) in [5, 5.41) is 10.2. The van der Waals surface area contributed by atoms with Crippen LogP contribution in [0.3, 0.4) is 0 Å². The third kappa shape index (κ3) is 5.52. The molecule has 0 aromatic heterocycles. The number of nitroso groups, excluding NO2 is 1. The Labute approximate surface area is 41.0 Å². The summed E-state index contributed by atoms with van der Waals surface area (Å²) in [6, 6.07) is 0. The zero-order valence-corrected chi connectivity index (χ0v) is 3.83. The Morgan fingerprint density at radius 3 is 2.86 bits per heavy atom. The molecule has 0 saturated carbocycles. The van der Waals surface area contributed by atoms with Gasteiger partial charge < -0.3 is 0 Å². The van der Waals surface area contributed by atoms with Crippen LogP contribution in [-0.2, 0) is 4.89 Å². The van der Waals surface area contributed by atoms with Gasteiger partial charge in [-0.2, -0.15) is 4.91 Å². The number of hydrogen-bond acceptors (Lipinski definition) is 4. The van der Waals surface area contributed by atoms with Gasteiger partial charge in [0.05, 0.1) is 13.2 Å². The number of rotatable bonds is 4. The summed E-state index contributed by atoms with van der Waals surface area (Å²) in [5.74, 6) is 0. The highest BCUT2D eigenvalue weighted by atomic mass is 17.1. The van der Waals surface area contributed by atoms with Gasteiger partial charge in [-0.15, -0.1) is 0 Å². The lowest BCUT2D eigenvalue weighted by atomic mass is 10.5. The van der Waals surface area contributed by atoms with Crippen molar-refractivity contribution in [2.45, 2.75) is 6.42 Å². The van der Waals surface area contributed by atoms with E-state index in [0.717, 1.165) is 0 Å². The lowest BCUT2D eigenvalue weighted by Crippen LogP contribution is -1.89. The van der Waals surface area contributed by atoms with E-state index >= 15 is 0 Å². The van der Waals surface area contributed by atoms with Gasteiger partial charge in [0, 0.05) is 0 Å². The predicted molar refractivity (Wildman–Crippen MR) is 23.9 cm³/mol. The molecular formula is C3H7NO3. The van der Waals surface area contributed by atoms with E-state index in [0.29, 0.717) is 6.42 Å². The lowest BCUT2D eigenvalue weighted by Gasteiger charge is -1.86. The third-order valence-electron chi connectivity index (χ3n) is 0.485. The Kier molecular flexibility index (Phi) is 5.14. The van der Waals surface area contributed by atoms with E-state index in [4.69, 9.17) is 5.26 Å². The van der Waals surface area contributed by atoms with Crippen molar-refractivity contribution >= 4 is 0 Å². The molecule has 0 bridgehead atoms. The normalized spacial score (nSPS) is 8.71. The smallest absolute Gasteiger partial charge is 0.0838 e. The predicted octanol–water partition coefficient (Wildman–Crippen LogP) is 0.633. The SMILES string of the molecule is O=NCCCOO. The second-order valence-corrected chi connectivity index (χ2v) is 1.04. The summed E-state index contributed by atoms with van der Waals surface area (Å²) in [6.45, 7) is 0.395. The molecule has 0 aliphatic carbocycles. The van der Waals surface area contributed by atoms with Crippen molar-refractivity contribution in [3.63, 3.8) is 0 Å². The summed E-state index contributed by atoms with van der Waals surface area (Å²) in [4.78, 5) is 12.9. The van der Waals surface area contributed by atoms with Crippen molar-refractivity contribution in [3.05, 3.63) is 4.91 Å². The first-order chi connectivity index (χ1) is 3.41. The fourth-order valence-corrected chi connectivity index (χ4v) is 0.194. The molecule has 0 rings (SSSR count). The quantitative estimate of drug-likeness (QED) is 0.247. The van der Waals surface area contributed by atoms with Gasteiger partial charge >= 0.3 is 0 Å². The second-order valence-electron chi connectivity index (χ2n) is 1.04. The monoisotopic (exact) mass is 105 g/mol. The maximum atomic E-state index is 9.29. The van der Waals surface area contributed by atoms with Gasteiger partial charge in [-0.3, -0.25) is 5.26 Å². The molecule has 1 N–H and O–H groups in total. The first kappa shape index (κ1) is 6.52. The van der Waals surface area contributed by atoms with Crippen molar-refractivity contribution < 1.29 is 10.1 Å². The van der Waals surface area contributed by atoms with Gasteiger partial charge in [0.1, 0.15) is 0 Å². The van der Waals surface area contributed by atoms with E-state index in [1.807, 2.05) is 0 Å². The van der Waals surface area contributed by atoms with Gasteiger partial charge in [-0.05, 0) is 6.42 Å². The summed E-state index contributed by atoms with van der Waals surface area (Å²) >= 11 is 0. The topological polar surface area (TPSA) is 58.9 Å². The summed E-state index contributed by atoms with van der Waals surface area (Å²) in [6.07, 6.45) is 0.486. The average molecular weight is 105 g/mol. The van der Waals surface area contributed by atoms with Gasteiger partial charge in [-0.1, -0.05) is 5.18 Å². The molecule has 0 radical (unpaired) electrons. The van der Waals surface area contributed by atoms with Crippen molar-refractivity contribution in [1.29, 1.82) is 0 Å². The highest BCUT2D eigenvalue weighted by Crippen LogP contribution is 1.78. The number of nitrogens with zero attached hydrogens (tertiary/aromatic N) is 1. The van der Waals surface area contributed by atoms with E-state index in [1.165, 1.54) is 0 Å². The van der Waals surface area contributed by atoms with Crippen LogP contribution < -0.4 is 0 Å². The Morgan fingerprint density at radius 1 is 1.71 bits per heavy atom. The van der Waals surface area contributed by atoms with Gasteiger partial charge in [0.15, 0.2) is 0 Å². The van der Waals surface area contributed by atoms with Crippen molar-refractivity contribution in [2.75, 3.05) is 13.2 Å². The maximum Gasteiger partial charge on any atom is 0.0838 e. The summed E-state index contributed by atoms with van der Waals surface area (Å²) in [5.41, 5.74) is 0. The molecule has 0 spiro atoms. The molecule has 4 heteroatoms. The molecule has 0 amide bonds. The minimum Gasteiger partial charge on any atom is -0.252 e. The van der Waals surface area contributed by atoms with Crippen LogP contribution in [0.1, 0.15) is 6.42 Å². The van der Waals surface area contributed by atoms with Crippen LogP contribution in [0.5, 0.6) is 0 Å². The van der Waals surface area contributed by atoms with Crippen molar-refractivity contribution in [3.8, 4) is 0 Å². The van der Waals surface area contributed by atoms with Crippen LogP contribution in [0.15, 0.2) is 5.18 Å². The maximum absolute atomic E-state index is 9.29. The lowest BCUT2D eigenvalue weighted by molar-refractivity contribution is -0.242. The van der Waals surface area contributed by atoms with Crippen LogP contribution in [-0.4, -0.2) is 18.4 Å². The molecule has 0 aromatic rings. The summed E-state index contributed by atoms with van der Waals surface area (Å²) in [7, 11) is 0. The van der Waals surface area contributed by atoms with E-state index < -0.39 is 0 Å². The summed E-state index contributed by atoms with van der Waals surface area (Å²) < 4.78 is 0. The van der Waals surface area contributed by atoms with Crippen LogP contribution >= 0.6 is 0 Å². The molecule has 42 valence electrons. The van der Waals surface area contributed by atoms with E-state index in [1.54, 1.807) is 0 Å². The molecule has 0 aromatic carbocycles. The minimum atomic E-state index is 0.186. The Morgan fingerprint density at radius 2 is 2.43 bits per heavy atom. The zero-order valence-electron chi connectivity index (χ0n) is 3.83. The molecule has 0 saturated heterocycles. The van der Waals surface area contributed by atoms with Gasteiger partial charge in [-0.25, -0.2) is 4.89 Å². The molecular weight excluding hydrogens is 98.0 g/mol. The third-order valence-corrected chi connectivity index (χ3v) is 0.485. The van der Waals surface area contributed by atoms with E-state index in [-0.39, 0.29) is 13.2 Å². The molecule has 0 aliphatic heterocycles. The highest BCUT2D eigenvalue weighted by Gasteiger charge is 1.81. The largest absolute Gasteiger partial charge is 0.252 e. The van der Waals surface area contributed by atoms with Crippen LogP contribution in [0.25, 0.3) is 0 Å². The molecule has 0 atom stereocenters. The fourth-order valence-electron chi connectivity index (χ4n) is 0.194. The first-order valence-corrected chi connectivity index (χ1v) is 1.97. The number of hydrogen-bond donors (Lipinski definition) is 1. The van der Waals surface area contributed by atoms with Crippen LogP contribution in [0.2, 0.25) is 0 Å². The molecule has 4 nitrogen and oxygen atoms in total. The van der Waals surface area contributed by atoms with Crippen molar-refractivity contribution in [1.82, 2.24) is 0 Å². The fraction of sp³-hybridized carbons (Fsp3) is 1.00. The molecule has 7 heavy (non-hydrogen) atoms. The standard InChI is InChI=1S/C3H7NO3/c5-4-2-1-3-7-6/h6H,1-3H2. The highest BCUT2D eigenvalue weighted by molar-refractivity contribution is 4.37. The average Bonchev–Trinajstić information content (AvgIpc) is 1.69. The van der Waals surface area contributed by atoms with Gasteiger partial charge in [0.25, 0.3) is 0 Å². The van der Waals surface area contributed by atoms with Crippen LogP contribution in [0, 0.1) is 4.91 Å². The van der Waals surface area contributed by atoms with Crippen molar-refractivity contribution in [2.24, 2.45) is 5.18 Å².